The van der Waals surface area contributed by atoms with Gasteiger partial charge >= 0.3 is 0 Å². The number of benzene rings is 1. The van der Waals surface area contributed by atoms with E-state index in [1.807, 2.05) is 53.4 Å². The van der Waals surface area contributed by atoms with Crippen molar-refractivity contribution in [3.63, 3.8) is 0 Å². The van der Waals surface area contributed by atoms with E-state index in [0.717, 1.165) is 42.7 Å². The van der Waals surface area contributed by atoms with E-state index in [4.69, 9.17) is 4.74 Å². The molecule has 0 aliphatic heterocycles. The van der Waals surface area contributed by atoms with Gasteiger partial charge in [0.15, 0.2) is 0 Å². The van der Waals surface area contributed by atoms with Crippen LogP contribution in [0.3, 0.4) is 0 Å². The number of nitriles is 1. The van der Waals surface area contributed by atoms with Gasteiger partial charge in [-0.2, -0.15) is 5.26 Å². The monoisotopic (exact) mass is 349 g/mol. The van der Waals surface area contributed by atoms with Crippen LogP contribution in [-0.4, -0.2) is 23.6 Å². The predicted octanol–water partition coefficient (Wildman–Crippen LogP) is 3.84. The van der Waals surface area contributed by atoms with Crippen molar-refractivity contribution < 1.29 is 9.53 Å². The number of rotatable bonds is 5. The van der Waals surface area contributed by atoms with Crippen LogP contribution in [0.25, 0.3) is 11.8 Å². The van der Waals surface area contributed by atoms with Crippen LogP contribution >= 0.6 is 0 Å². The highest BCUT2D eigenvalue weighted by atomic mass is 16.5. The Labute approximate surface area is 153 Å². The molecule has 1 aliphatic rings. The highest BCUT2D eigenvalue weighted by Gasteiger charge is 2.18. The second-order valence-electron chi connectivity index (χ2n) is 6.53. The zero-order valence-corrected chi connectivity index (χ0v) is 14.9. The largest absolute Gasteiger partial charge is 0.497 e. The van der Waals surface area contributed by atoms with Crippen LogP contribution in [0.4, 0.5) is 0 Å². The zero-order valence-electron chi connectivity index (χ0n) is 14.9. The summed E-state index contributed by atoms with van der Waals surface area (Å²) in [5.74, 6) is 0.517. The summed E-state index contributed by atoms with van der Waals surface area (Å²) in [5, 5.41) is 12.4. The third-order valence-electron chi connectivity index (χ3n) is 4.70. The van der Waals surface area contributed by atoms with Gasteiger partial charge in [-0.25, -0.2) is 0 Å². The minimum atomic E-state index is -0.281. The van der Waals surface area contributed by atoms with E-state index in [-0.39, 0.29) is 17.5 Å². The van der Waals surface area contributed by atoms with Crippen molar-refractivity contribution in [3.8, 4) is 17.5 Å². The SMILES string of the molecule is COc1ccc(-n2ccc(/C=C(\C#N)C(=O)NC3CCCCC3)c2)cc1. The van der Waals surface area contributed by atoms with E-state index in [1.54, 1.807) is 13.2 Å². The predicted molar refractivity (Wildman–Crippen MR) is 101 cm³/mol. The maximum atomic E-state index is 12.4. The first-order valence-electron chi connectivity index (χ1n) is 8.94. The van der Waals surface area contributed by atoms with Gasteiger partial charge in [-0.3, -0.25) is 4.79 Å². The number of aromatic nitrogens is 1. The molecule has 5 nitrogen and oxygen atoms in total. The van der Waals surface area contributed by atoms with Crippen LogP contribution < -0.4 is 10.1 Å². The molecular weight excluding hydrogens is 326 g/mol. The average molecular weight is 349 g/mol. The lowest BCUT2D eigenvalue weighted by atomic mass is 9.95. The lowest BCUT2D eigenvalue weighted by molar-refractivity contribution is -0.117. The molecule has 0 radical (unpaired) electrons. The van der Waals surface area contributed by atoms with E-state index in [2.05, 4.69) is 5.32 Å². The second-order valence-corrected chi connectivity index (χ2v) is 6.53. The molecule has 1 N–H and O–H groups in total. The Morgan fingerprint density at radius 1 is 1.23 bits per heavy atom. The fourth-order valence-electron chi connectivity index (χ4n) is 3.24. The molecule has 3 rings (SSSR count). The molecule has 1 heterocycles. The van der Waals surface area contributed by atoms with Gasteiger partial charge in [0.2, 0.25) is 0 Å². The Balaban J connectivity index is 1.71. The van der Waals surface area contributed by atoms with Gasteiger partial charge in [0.1, 0.15) is 17.4 Å². The van der Waals surface area contributed by atoms with Gasteiger partial charge in [0.25, 0.3) is 5.91 Å². The van der Waals surface area contributed by atoms with Gasteiger partial charge < -0.3 is 14.6 Å². The maximum absolute atomic E-state index is 12.4. The van der Waals surface area contributed by atoms with Crippen molar-refractivity contribution in [2.45, 2.75) is 38.1 Å². The number of carbonyl (C=O) groups is 1. The van der Waals surface area contributed by atoms with Crippen LogP contribution in [0.1, 0.15) is 37.7 Å². The third kappa shape index (κ3) is 4.34. The molecule has 0 bridgehead atoms. The van der Waals surface area contributed by atoms with Crippen LogP contribution in [0.5, 0.6) is 5.75 Å². The molecule has 0 spiro atoms. The first-order valence-corrected chi connectivity index (χ1v) is 8.94. The molecule has 1 aromatic heterocycles. The van der Waals surface area contributed by atoms with Crippen LogP contribution in [0, 0.1) is 11.3 Å². The van der Waals surface area contributed by atoms with E-state index < -0.39 is 0 Å². The van der Waals surface area contributed by atoms with E-state index in [9.17, 15) is 10.1 Å². The van der Waals surface area contributed by atoms with Gasteiger partial charge in [0.05, 0.1) is 7.11 Å². The first kappa shape index (κ1) is 17.8. The van der Waals surface area contributed by atoms with E-state index >= 15 is 0 Å². The molecule has 0 atom stereocenters. The minimum absolute atomic E-state index is 0.142. The summed E-state index contributed by atoms with van der Waals surface area (Å²) in [4.78, 5) is 12.4. The molecule has 1 saturated carbocycles. The zero-order chi connectivity index (χ0) is 18.4. The lowest BCUT2D eigenvalue weighted by Gasteiger charge is -2.22. The molecule has 0 unspecified atom stereocenters. The topological polar surface area (TPSA) is 67.0 Å². The van der Waals surface area contributed by atoms with Gasteiger partial charge in [-0.1, -0.05) is 19.3 Å². The minimum Gasteiger partial charge on any atom is -0.497 e. The summed E-state index contributed by atoms with van der Waals surface area (Å²) in [6.07, 6.45) is 10.9. The standard InChI is InChI=1S/C21H23N3O2/c1-26-20-9-7-19(8-10-20)24-12-11-16(15-24)13-17(14-22)21(25)23-18-5-3-2-4-6-18/h7-13,15,18H,2-6H2,1H3,(H,23,25)/b17-13+. The molecule has 1 aromatic carbocycles. The van der Waals surface area contributed by atoms with Crippen LogP contribution in [0.15, 0.2) is 48.3 Å². The number of hydrogen-bond acceptors (Lipinski definition) is 3. The summed E-state index contributed by atoms with van der Waals surface area (Å²) < 4.78 is 7.11. The molecule has 1 fully saturated rings. The summed E-state index contributed by atoms with van der Waals surface area (Å²) in [6.45, 7) is 0. The molecule has 1 amide bonds. The van der Waals surface area contributed by atoms with Gasteiger partial charge in [-0.15, -0.1) is 0 Å². The number of hydrogen-bond donors (Lipinski definition) is 1. The Kier molecular flexibility index (Phi) is 5.75. The maximum Gasteiger partial charge on any atom is 0.262 e. The van der Waals surface area contributed by atoms with Crippen molar-refractivity contribution in [3.05, 3.63) is 53.9 Å². The van der Waals surface area contributed by atoms with Crippen molar-refractivity contribution in [1.82, 2.24) is 9.88 Å². The van der Waals surface area contributed by atoms with Crippen LogP contribution in [0.2, 0.25) is 0 Å². The number of ether oxygens (including phenoxy) is 1. The highest BCUT2D eigenvalue weighted by molar-refractivity contribution is 6.01. The van der Waals surface area contributed by atoms with E-state index in [0.29, 0.717) is 0 Å². The van der Waals surface area contributed by atoms with Gasteiger partial charge in [-0.05, 0) is 54.8 Å². The number of nitrogens with one attached hydrogen (secondary N) is 1. The highest BCUT2D eigenvalue weighted by Crippen LogP contribution is 2.19. The molecule has 5 heteroatoms. The summed E-state index contributed by atoms with van der Waals surface area (Å²) >= 11 is 0. The number of amides is 1. The molecule has 134 valence electrons. The smallest absolute Gasteiger partial charge is 0.262 e. The Morgan fingerprint density at radius 3 is 2.62 bits per heavy atom. The molecule has 0 saturated heterocycles. The summed E-state index contributed by atoms with van der Waals surface area (Å²) in [6, 6.07) is 11.8. The van der Waals surface area contributed by atoms with Gasteiger partial charge in [0, 0.05) is 24.1 Å². The third-order valence-corrected chi connectivity index (χ3v) is 4.70. The Bertz CT molecular complexity index is 822. The number of carbonyl (C=O) groups excluding carboxylic acids is 1. The van der Waals surface area contributed by atoms with Crippen molar-refractivity contribution in [2.24, 2.45) is 0 Å². The average Bonchev–Trinajstić information content (AvgIpc) is 3.15. The van der Waals surface area contributed by atoms with Crippen molar-refractivity contribution in [1.29, 1.82) is 5.26 Å². The van der Waals surface area contributed by atoms with E-state index in [1.165, 1.54) is 6.42 Å². The number of methoxy groups -OCH3 is 1. The van der Waals surface area contributed by atoms with Crippen LogP contribution in [-0.2, 0) is 4.79 Å². The molecular formula is C21H23N3O2. The summed E-state index contributed by atoms with van der Waals surface area (Å²) in [7, 11) is 1.63. The van der Waals surface area contributed by atoms with Crippen molar-refractivity contribution >= 4 is 12.0 Å². The van der Waals surface area contributed by atoms with Crippen molar-refractivity contribution in [2.75, 3.05) is 7.11 Å². The normalized spacial score (nSPS) is 15.3. The Hall–Kier alpha value is -3.00. The molecule has 1 aliphatic carbocycles. The number of nitrogens with zero attached hydrogens (tertiary/aromatic N) is 2. The first-order chi connectivity index (χ1) is 12.7. The molecule has 26 heavy (non-hydrogen) atoms. The fourth-order valence-corrected chi connectivity index (χ4v) is 3.24. The summed E-state index contributed by atoms with van der Waals surface area (Å²) in [5.41, 5.74) is 1.94. The second kappa shape index (κ2) is 8.39. The molecule has 2 aromatic rings. The fraction of sp³-hybridized carbons (Fsp3) is 0.333. The lowest BCUT2D eigenvalue weighted by Crippen LogP contribution is -2.36. The Morgan fingerprint density at radius 2 is 1.96 bits per heavy atom. The quantitative estimate of drug-likeness (QED) is 0.659.